The molecule has 0 aliphatic heterocycles. The van der Waals surface area contributed by atoms with E-state index in [1.165, 1.54) is 6.08 Å². The largest absolute Gasteiger partial charge is 0.427 e. The van der Waals surface area contributed by atoms with Gasteiger partial charge in [0.1, 0.15) is 11.5 Å². The minimum atomic E-state index is -0.508. The van der Waals surface area contributed by atoms with E-state index in [0.717, 1.165) is 17.7 Å². The van der Waals surface area contributed by atoms with Gasteiger partial charge in [0.15, 0.2) is 0 Å². The number of carbonyl (C=O) groups is 2. The summed E-state index contributed by atoms with van der Waals surface area (Å²) >= 11 is 0. The number of ether oxygens (including phenoxy) is 2. The number of benzene rings is 2. The SMILES string of the molecule is NC1=CCC(CCC(=O)Oc2ccc(OC(=O)/C=C/c3ccc(N)cc3)cc2)C=C1. The number of hydrogen-bond donors (Lipinski definition) is 2. The normalized spacial score (nSPS) is 15.6. The van der Waals surface area contributed by atoms with Crippen molar-refractivity contribution >= 4 is 23.7 Å². The molecule has 30 heavy (non-hydrogen) atoms. The molecule has 3 rings (SSSR count). The molecule has 0 fully saturated rings. The van der Waals surface area contributed by atoms with Crippen molar-refractivity contribution in [3.8, 4) is 11.5 Å². The van der Waals surface area contributed by atoms with E-state index in [1.54, 1.807) is 54.6 Å². The van der Waals surface area contributed by atoms with Gasteiger partial charge in [0, 0.05) is 23.9 Å². The molecule has 2 aromatic rings. The lowest BCUT2D eigenvalue weighted by molar-refractivity contribution is -0.134. The number of allylic oxidation sites excluding steroid dienone is 3. The highest BCUT2D eigenvalue weighted by Crippen LogP contribution is 2.21. The second kappa shape index (κ2) is 10.1. The average Bonchev–Trinajstić information content (AvgIpc) is 2.74. The molecule has 6 nitrogen and oxygen atoms in total. The summed E-state index contributed by atoms with van der Waals surface area (Å²) in [6.45, 7) is 0. The van der Waals surface area contributed by atoms with E-state index >= 15 is 0 Å². The molecule has 0 saturated heterocycles. The summed E-state index contributed by atoms with van der Waals surface area (Å²) in [7, 11) is 0. The van der Waals surface area contributed by atoms with Crippen LogP contribution in [0.25, 0.3) is 6.08 Å². The van der Waals surface area contributed by atoms with E-state index in [9.17, 15) is 9.59 Å². The van der Waals surface area contributed by atoms with Crippen molar-refractivity contribution in [2.75, 3.05) is 5.73 Å². The van der Waals surface area contributed by atoms with Gasteiger partial charge in [0.05, 0.1) is 0 Å². The zero-order valence-electron chi connectivity index (χ0n) is 16.5. The maximum Gasteiger partial charge on any atom is 0.336 e. The highest BCUT2D eigenvalue weighted by molar-refractivity contribution is 5.88. The van der Waals surface area contributed by atoms with Crippen molar-refractivity contribution in [2.24, 2.45) is 11.7 Å². The van der Waals surface area contributed by atoms with E-state index in [4.69, 9.17) is 20.9 Å². The van der Waals surface area contributed by atoms with Gasteiger partial charge in [0.2, 0.25) is 0 Å². The van der Waals surface area contributed by atoms with E-state index < -0.39 is 5.97 Å². The topological polar surface area (TPSA) is 105 Å². The quantitative estimate of drug-likeness (QED) is 0.313. The van der Waals surface area contributed by atoms with Crippen molar-refractivity contribution < 1.29 is 19.1 Å². The molecule has 0 spiro atoms. The number of esters is 2. The fourth-order valence-corrected chi connectivity index (χ4v) is 2.88. The Labute approximate surface area is 175 Å². The fraction of sp³-hybridized carbons (Fsp3) is 0.167. The van der Waals surface area contributed by atoms with Gasteiger partial charge >= 0.3 is 11.9 Å². The molecule has 1 atom stereocenters. The molecule has 0 radical (unpaired) electrons. The smallest absolute Gasteiger partial charge is 0.336 e. The Bertz CT molecular complexity index is 973. The van der Waals surface area contributed by atoms with Gasteiger partial charge in [-0.05, 0) is 72.9 Å². The molecule has 4 N–H and O–H groups in total. The maximum absolute atomic E-state index is 12.0. The molecule has 2 aromatic carbocycles. The zero-order chi connectivity index (χ0) is 21.3. The Morgan fingerprint density at radius 3 is 2.27 bits per heavy atom. The first-order chi connectivity index (χ1) is 14.5. The lowest BCUT2D eigenvalue weighted by atomic mass is 9.95. The third kappa shape index (κ3) is 6.67. The van der Waals surface area contributed by atoms with Gasteiger partial charge in [-0.3, -0.25) is 4.79 Å². The highest BCUT2D eigenvalue weighted by atomic mass is 16.5. The second-order valence-corrected chi connectivity index (χ2v) is 6.96. The summed E-state index contributed by atoms with van der Waals surface area (Å²) in [6.07, 6.45) is 10.7. The Kier molecular flexibility index (Phi) is 7.05. The second-order valence-electron chi connectivity index (χ2n) is 6.96. The van der Waals surface area contributed by atoms with Crippen LogP contribution in [0.2, 0.25) is 0 Å². The van der Waals surface area contributed by atoms with Crippen LogP contribution in [0.4, 0.5) is 5.69 Å². The van der Waals surface area contributed by atoms with Gasteiger partial charge < -0.3 is 20.9 Å². The van der Waals surface area contributed by atoms with E-state index in [0.29, 0.717) is 35.9 Å². The number of hydrogen-bond acceptors (Lipinski definition) is 6. The molecule has 0 saturated carbocycles. The highest BCUT2D eigenvalue weighted by Gasteiger charge is 2.12. The Morgan fingerprint density at radius 2 is 1.63 bits per heavy atom. The number of anilines is 1. The summed E-state index contributed by atoms with van der Waals surface area (Å²) in [5, 5.41) is 0. The van der Waals surface area contributed by atoms with E-state index in [2.05, 4.69) is 0 Å². The lowest BCUT2D eigenvalue weighted by Gasteiger charge is -2.14. The molecule has 154 valence electrons. The van der Waals surface area contributed by atoms with Crippen LogP contribution < -0.4 is 20.9 Å². The van der Waals surface area contributed by atoms with E-state index in [-0.39, 0.29) is 5.97 Å². The van der Waals surface area contributed by atoms with Gasteiger partial charge in [-0.2, -0.15) is 0 Å². The zero-order valence-corrected chi connectivity index (χ0v) is 16.5. The molecule has 6 heteroatoms. The molecular weight excluding hydrogens is 380 g/mol. The molecule has 0 heterocycles. The predicted octanol–water partition coefficient (Wildman–Crippen LogP) is 3.99. The molecule has 0 bridgehead atoms. The molecule has 0 aromatic heterocycles. The fourth-order valence-electron chi connectivity index (χ4n) is 2.88. The van der Waals surface area contributed by atoms with Crippen molar-refractivity contribution in [2.45, 2.75) is 19.3 Å². The van der Waals surface area contributed by atoms with Crippen LogP contribution in [0.1, 0.15) is 24.8 Å². The summed E-state index contributed by atoms with van der Waals surface area (Å²) in [5.74, 6) is 0.251. The van der Waals surface area contributed by atoms with Gasteiger partial charge in [-0.15, -0.1) is 0 Å². The summed E-state index contributed by atoms with van der Waals surface area (Å²) in [5.41, 5.74) is 13.6. The van der Waals surface area contributed by atoms with Crippen molar-refractivity contribution in [3.05, 3.63) is 84.1 Å². The third-order valence-corrected chi connectivity index (χ3v) is 4.56. The van der Waals surface area contributed by atoms with Crippen LogP contribution in [-0.2, 0) is 9.59 Å². The van der Waals surface area contributed by atoms with Crippen LogP contribution in [-0.4, -0.2) is 11.9 Å². The monoisotopic (exact) mass is 404 g/mol. The Hall–Kier alpha value is -3.80. The minimum absolute atomic E-state index is 0.299. The minimum Gasteiger partial charge on any atom is -0.427 e. The van der Waals surface area contributed by atoms with Crippen LogP contribution in [0.15, 0.2) is 78.5 Å². The van der Waals surface area contributed by atoms with Crippen LogP contribution >= 0.6 is 0 Å². The maximum atomic E-state index is 12.0. The first-order valence-electron chi connectivity index (χ1n) is 9.68. The molecule has 0 amide bonds. The Balaban J connectivity index is 1.43. The Morgan fingerprint density at radius 1 is 0.967 bits per heavy atom. The summed E-state index contributed by atoms with van der Waals surface area (Å²) in [4.78, 5) is 24.0. The molecule has 1 aliphatic carbocycles. The van der Waals surface area contributed by atoms with Crippen LogP contribution in [0, 0.1) is 5.92 Å². The molecular formula is C24H24N2O4. The van der Waals surface area contributed by atoms with Crippen molar-refractivity contribution in [1.82, 2.24) is 0 Å². The standard InChI is InChI=1S/C24H24N2O4/c25-19-7-1-17(2-8-19)5-15-23(27)29-21-11-13-22(14-12-21)30-24(28)16-6-18-3-9-20(26)10-4-18/h1-3,5,7-15,18H,4,6,16,25-26H2/b15-5+. The van der Waals surface area contributed by atoms with Gasteiger partial charge in [0.25, 0.3) is 0 Å². The number of nitrogens with two attached hydrogens (primary N) is 2. The van der Waals surface area contributed by atoms with Crippen molar-refractivity contribution in [3.63, 3.8) is 0 Å². The van der Waals surface area contributed by atoms with Gasteiger partial charge in [-0.25, -0.2) is 4.79 Å². The molecule has 1 aliphatic rings. The number of carbonyl (C=O) groups excluding carboxylic acids is 2. The van der Waals surface area contributed by atoms with E-state index in [1.807, 2.05) is 18.2 Å². The van der Waals surface area contributed by atoms with Crippen LogP contribution in [0.5, 0.6) is 11.5 Å². The first kappa shape index (κ1) is 20.9. The predicted molar refractivity (Wildman–Crippen MR) is 116 cm³/mol. The summed E-state index contributed by atoms with van der Waals surface area (Å²) in [6, 6.07) is 13.5. The molecule has 1 unspecified atom stereocenters. The third-order valence-electron chi connectivity index (χ3n) is 4.56. The average molecular weight is 404 g/mol. The van der Waals surface area contributed by atoms with Crippen LogP contribution in [0.3, 0.4) is 0 Å². The van der Waals surface area contributed by atoms with Gasteiger partial charge in [-0.1, -0.05) is 24.3 Å². The van der Waals surface area contributed by atoms with Crippen molar-refractivity contribution in [1.29, 1.82) is 0 Å². The summed E-state index contributed by atoms with van der Waals surface area (Å²) < 4.78 is 10.6. The lowest BCUT2D eigenvalue weighted by Crippen LogP contribution is -2.11. The number of nitrogen functional groups attached to an aromatic ring is 1. The number of rotatable bonds is 7. The first-order valence-corrected chi connectivity index (χ1v) is 9.68.